The van der Waals surface area contributed by atoms with Crippen LogP contribution in [-0.2, 0) is 10.2 Å². The molecule has 19 heavy (non-hydrogen) atoms. The predicted molar refractivity (Wildman–Crippen MR) is 74.6 cm³/mol. The molecule has 3 nitrogen and oxygen atoms in total. The highest BCUT2D eigenvalue weighted by Gasteiger charge is 2.42. The van der Waals surface area contributed by atoms with Crippen LogP contribution in [0.25, 0.3) is 5.57 Å². The number of nitrogens with one attached hydrogen (secondary N) is 1. The van der Waals surface area contributed by atoms with Gasteiger partial charge in [-0.15, -0.1) is 0 Å². The first-order valence-electron chi connectivity index (χ1n) is 6.90. The fourth-order valence-corrected chi connectivity index (χ4v) is 3.55. The Kier molecular flexibility index (Phi) is 2.94. The van der Waals surface area contributed by atoms with Gasteiger partial charge in [-0.05, 0) is 29.5 Å². The normalized spacial score (nSPS) is 21.1. The molecule has 100 valence electrons. The SMILES string of the molecule is CNC(=O)C(O)C1=CC2(CCCC2)c2ccccc21. The van der Waals surface area contributed by atoms with Crippen molar-refractivity contribution < 1.29 is 9.90 Å². The number of hydrogen-bond acceptors (Lipinski definition) is 2. The maximum absolute atomic E-state index is 11.7. The topological polar surface area (TPSA) is 49.3 Å². The second kappa shape index (κ2) is 4.49. The number of likely N-dealkylation sites (N-methyl/N-ethyl adjacent to an activating group) is 1. The van der Waals surface area contributed by atoms with E-state index in [0.29, 0.717) is 0 Å². The quantitative estimate of drug-likeness (QED) is 0.851. The number of carbonyl (C=O) groups is 1. The molecule has 1 amide bonds. The van der Waals surface area contributed by atoms with E-state index in [4.69, 9.17) is 0 Å². The van der Waals surface area contributed by atoms with Crippen molar-refractivity contribution in [3.63, 3.8) is 0 Å². The standard InChI is InChI=1S/C16H19NO2/c1-17-15(19)14(18)12-10-16(8-4-5-9-16)13-7-3-2-6-11(12)13/h2-3,6-7,10,14,18H,4-5,8-9H2,1H3,(H,17,19). The molecule has 0 aliphatic heterocycles. The van der Waals surface area contributed by atoms with Crippen molar-refractivity contribution in [2.75, 3.05) is 7.05 Å². The zero-order chi connectivity index (χ0) is 13.5. The highest BCUT2D eigenvalue weighted by Crippen LogP contribution is 2.51. The summed E-state index contributed by atoms with van der Waals surface area (Å²) in [5.41, 5.74) is 3.16. The van der Waals surface area contributed by atoms with E-state index in [-0.39, 0.29) is 11.3 Å². The molecule has 3 rings (SSSR count). The van der Waals surface area contributed by atoms with E-state index in [1.54, 1.807) is 7.05 Å². The molecule has 0 aromatic heterocycles. The maximum atomic E-state index is 11.7. The van der Waals surface area contributed by atoms with E-state index in [2.05, 4.69) is 17.5 Å². The molecule has 1 atom stereocenters. The second-order valence-corrected chi connectivity index (χ2v) is 5.53. The summed E-state index contributed by atoms with van der Waals surface area (Å²) in [4.78, 5) is 11.7. The molecule has 0 heterocycles. The van der Waals surface area contributed by atoms with Crippen LogP contribution in [0.2, 0.25) is 0 Å². The second-order valence-electron chi connectivity index (χ2n) is 5.53. The number of rotatable bonds is 2. The maximum Gasteiger partial charge on any atom is 0.253 e. The van der Waals surface area contributed by atoms with Gasteiger partial charge in [-0.25, -0.2) is 0 Å². The molecule has 0 radical (unpaired) electrons. The van der Waals surface area contributed by atoms with Gasteiger partial charge in [-0.1, -0.05) is 43.2 Å². The third-order valence-electron chi connectivity index (χ3n) is 4.49. The van der Waals surface area contributed by atoms with Crippen LogP contribution in [0.15, 0.2) is 30.3 Å². The molecule has 1 saturated carbocycles. The third kappa shape index (κ3) is 1.80. The molecule has 1 aromatic carbocycles. The molecule has 0 saturated heterocycles. The summed E-state index contributed by atoms with van der Waals surface area (Å²) >= 11 is 0. The number of aliphatic hydroxyl groups excluding tert-OH is 1. The number of benzene rings is 1. The Morgan fingerprint density at radius 2 is 2.00 bits per heavy atom. The van der Waals surface area contributed by atoms with E-state index in [1.165, 1.54) is 18.4 Å². The van der Waals surface area contributed by atoms with Gasteiger partial charge in [0.25, 0.3) is 5.91 Å². The molecule has 1 spiro atoms. The van der Waals surface area contributed by atoms with Crippen LogP contribution in [0, 0.1) is 0 Å². The molecular formula is C16H19NO2. The zero-order valence-electron chi connectivity index (χ0n) is 11.1. The Bertz CT molecular complexity index is 541. The van der Waals surface area contributed by atoms with E-state index in [9.17, 15) is 9.90 Å². The average molecular weight is 257 g/mol. The van der Waals surface area contributed by atoms with Crippen LogP contribution in [0.3, 0.4) is 0 Å². The van der Waals surface area contributed by atoms with E-state index >= 15 is 0 Å². The van der Waals surface area contributed by atoms with Gasteiger partial charge in [-0.3, -0.25) is 4.79 Å². The van der Waals surface area contributed by atoms with E-state index in [0.717, 1.165) is 24.0 Å². The lowest BCUT2D eigenvalue weighted by molar-refractivity contribution is -0.126. The van der Waals surface area contributed by atoms with Crippen molar-refractivity contribution in [3.8, 4) is 0 Å². The summed E-state index contributed by atoms with van der Waals surface area (Å²) in [7, 11) is 1.55. The highest BCUT2D eigenvalue weighted by molar-refractivity contribution is 5.96. The Balaban J connectivity index is 2.08. The number of carbonyl (C=O) groups excluding carboxylic acids is 1. The molecule has 1 unspecified atom stereocenters. The molecule has 2 aliphatic carbocycles. The minimum absolute atomic E-state index is 0.0565. The highest BCUT2D eigenvalue weighted by atomic mass is 16.3. The zero-order valence-corrected chi connectivity index (χ0v) is 11.1. The first kappa shape index (κ1) is 12.4. The minimum atomic E-state index is -1.06. The van der Waals surface area contributed by atoms with Gasteiger partial charge in [0.1, 0.15) is 0 Å². The third-order valence-corrected chi connectivity index (χ3v) is 4.49. The summed E-state index contributed by atoms with van der Waals surface area (Å²) in [6, 6.07) is 8.17. The lowest BCUT2D eigenvalue weighted by atomic mass is 9.81. The van der Waals surface area contributed by atoms with Gasteiger partial charge in [0.05, 0.1) is 0 Å². The number of aliphatic hydroxyl groups is 1. The van der Waals surface area contributed by atoms with Crippen LogP contribution >= 0.6 is 0 Å². The lowest BCUT2D eigenvalue weighted by Crippen LogP contribution is -2.32. The van der Waals surface area contributed by atoms with Crippen molar-refractivity contribution >= 4 is 11.5 Å². The molecule has 1 fully saturated rings. The summed E-state index contributed by atoms with van der Waals surface area (Å²) in [5.74, 6) is -0.337. The van der Waals surface area contributed by atoms with Gasteiger partial charge in [0, 0.05) is 12.5 Å². The molecule has 2 aliphatic rings. The summed E-state index contributed by atoms with van der Waals surface area (Å²) < 4.78 is 0. The number of hydrogen-bond donors (Lipinski definition) is 2. The van der Waals surface area contributed by atoms with E-state index < -0.39 is 6.10 Å². The Morgan fingerprint density at radius 1 is 1.32 bits per heavy atom. The number of amides is 1. The molecule has 2 N–H and O–H groups in total. The van der Waals surface area contributed by atoms with Gasteiger partial charge >= 0.3 is 0 Å². The van der Waals surface area contributed by atoms with Crippen LogP contribution in [0.5, 0.6) is 0 Å². The molecule has 0 bridgehead atoms. The van der Waals surface area contributed by atoms with Gasteiger partial charge in [0.15, 0.2) is 6.10 Å². The van der Waals surface area contributed by atoms with Crippen molar-refractivity contribution in [2.24, 2.45) is 0 Å². The lowest BCUT2D eigenvalue weighted by Gasteiger charge is -2.22. The number of allylic oxidation sites excluding steroid dienone is 1. The first-order chi connectivity index (χ1) is 9.18. The van der Waals surface area contributed by atoms with Crippen LogP contribution in [0.4, 0.5) is 0 Å². The molecular weight excluding hydrogens is 238 g/mol. The molecule has 3 heteroatoms. The fraction of sp³-hybridized carbons (Fsp3) is 0.438. The minimum Gasteiger partial charge on any atom is -0.378 e. The Morgan fingerprint density at radius 3 is 2.68 bits per heavy atom. The smallest absolute Gasteiger partial charge is 0.253 e. The largest absolute Gasteiger partial charge is 0.378 e. The molecule has 1 aromatic rings. The van der Waals surface area contributed by atoms with Crippen LogP contribution < -0.4 is 5.32 Å². The summed E-state index contributed by atoms with van der Waals surface area (Å²) in [6.07, 6.45) is 5.75. The van der Waals surface area contributed by atoms with Gasteiger partial charge in [0.2, 0.25) is 0 Å². The first-order valence-corrected chi connectivity index (χ1v) is 6.90. The number of fused-ring (bicyclic) bond motifs is 2. The van der Waals surface area contributed by atoms with Crippen molar-refractivity contribution in [1.29, 1.82) is 0 Å². The van der Waals surface area contributed by atoms with Crippen molar-refractivity contribution in [1.82, 2.24) is 5.32 Å². The fourth-order valence-electron chi connectivity index (χ4n) is 3.55. The van der Waals surface area contributed by atoms with Crippen molar-refractivity contribution in [3.05, 3.63) is 41.5 Å². The van der Waals surface area contributed by atoms with Crippen LogP contribution in [0.1, 0.15) is 36.8 Å². The van der Waals surface area contributed by atoms with Crippen LogP contribution in [-0.4, -0.2) is 24.2 Å². The van der Waals surface area contributed by atoms with E-state index in [1.807, 2.05) is 18.2 Å². The summed E-state index contributed by atoms with van der Waals surface area (Å²) in [5, 5.41) is 12.7. The summed E-state index contributed by atoms with van der Waals surface area (Å²) in [6.45, 7) is 0. The van der Waals surface area contributed by atoms with Gasteiger partial charge < -0.3 is 10.4 Å². The Labute approximate surface area is 113 Å². The van der Waals surface area contributed by atoms with Gasteiger partial charge in [-0.2, -0.15) is 0 Å². The van der Waals surface area contributed by atoms with Crippen molar-refractivity contribution in [2.45, 2.75) is 37.2 Å². The Hall–Kier alpha value is -1.61. The predicted octanol–water partition coefficient (Wildman–Crippen LogP) is 2.00. The average Bonchev–Trinajstić information content (AvgIpc) is 3.05. The monoisotopic (exact) mass is 257 g/mol.